The van der Waals surface area contributed by atoms with E-state index in [0.717, 1.165) is 22.4 Å². The second kappa shape index (κ2) is 11.2. The summed E-state index contributed by atoms with van der Waals surface area (Å²) >= 11 is 1.19. The van der Waals surface area contributed by atoms with Gasteiger partial charge in [-0.05, 0) is 41.3 Å². The Labute approximate surface area is 198 Å². The minimum absolute atomic E-state index is 0.0257. The Morgan fingerprint density at radius 2 is 1.48 bits per heavy atom. The number of nitrogens with one attached hydrogen (secondary N) is 1. The average molecular weight is 453 g/mol. The van der Waals surface area contributed by atoms with Crippen molar-refractivity contribution in [3.05, 3.63) is 121 Å². The summed E-state index contributed by atoms with van der Waals surface area (Å²) in [6.45, 7) is 0. The number of hydrogen-bond donors (Lipinski definition) is 1. The van der Waals surface area contributed by atoms with Gasteiger partial charge in [0.2, 0.25) is 11.0 Å². The molecule has 0 saturated carbocycles. The van der Waals surface area contributed by atoms with E-state index < -0.39 is 0 Å². The normalized spacial score (nSPS) is 11.5. The molecule has 164 valence electrons. The van der Waals surface area contributed by atoms with Crippen LogP contribution in [0.3, 0.4) is 0 Å². The molecular formula is C28H24N2O2S. The van der Waals surface area contributed by atoms with Crippen LogP contribution in [0, 0.1) is 5.92 Å². The summed E-state index contributed by atoms with van der Waals surface area (Å²) in [6.07, 6.45) is 4.12. The zero-order valence-corrected chi connectivity index (χ0v) is 18.9. The molecular weight excluding hydrogens is 428 g/mol. The summed E-state index contributed by atoms with van der Waals surface area (Å²) in [5.41, 5.74) is 4.49. The minimum atomic E-state index is -0.344. The molecule has 0 fully saturated rings. The van der Waals surface area contributed by atoms with E-state index in [1.54, 1.807) is 18.3 Å². The van der Waals surface area contributed by atoms with Crippen molar-refractivity contribution >= 4 is 28.5 Å². The number of hydrogen-bond acceptors (Lipinski definition) is 4. The van der Waals surface area contributed by atoms with Crippen molar-refractivity contribution in [1.82, 2.24) is 4.98 Å². The number of rotatable bonds is 8. The van der Waals surface area contributed by atoms with E-state index in [0.29, 0.717) is 17.7 Å². The van der Waals surface area contributed by atoms with Gasteiger partial charge in [-0.15, -0.1) is 0 Å². The predicted molar refractivity (Wildman–Crippen MR) is 135 cm³/mol. The highest BCUT2D eigenvalue weighted by Gasteiger charge is 2.21. The molecule has 0 radical (unpaired) electrons. The Morgan fingerprint density at radius 1 is 0.788 bits per heavy atom. The molecule has 3 aromatic carbocycles. The zero-order chi connectivity index (χ0) is 22.9. The number of benzene rings is 3. The Bertz CT molecular complexity index is 1180. The van der Waals surface area contributed by atoms with Crippen molar-refractivity contribution in [1.29, 1.82) is 0 Å². The quantitative estimate of drug-likeness (QED) is 0.350. The molecule has 4 nitrogen and oxygen atoms in total. The SMILES string of the molecule is O=C(SCC(Cc1ccccc1)C(=O)Nc1ccc(-c2cccnc2)cc1)c1ccccc1. The third kappa shape index (κ3) is 6.40. The van der Waals surface area contributed by atoms with Crippen molar-refractivity contribution < 1.29 is 9.59 Å². The van der Waals surface area contributed by atoms with Gasteiger partial charge in [0.05, 0.1) is 5.92 Å². The fraction of sp³-hybridized carbons (Fsp3) is 0.107. The number of carbonyl (C=O) groups excluding carboxylic acids is 2. The van der Waals surface area contributed by atoms with Gasteiger partial charge in [-0.25, -0.2) is 0 Å². The largest absolute Gasteiger partial charge is 0.326 e. The van der Waals surface area contributed by atoms with Gasteiger partial charge in [-0.1, -0.05) is 90.6 Å². The van der Waals surface area contributed by atoms with Crippen LogP contribution < -0.4 is 5.32 Å². The van der Waals surface area contributed by atoms with Crippen LogP contribution in [0.4, 0.5) is 5.69 Å². The van der Waals surface area contributed by atoms with Crippen LogP contribution in [0.25, 0.3) is 11.1 Å². The molecule has 0 bridgehead atoms. The van der Waals surface area contributed by atoms with Crippen molar-refractivity contribution in [3.63, 3.8) is 0 Å². The maximum absolute atomic E-state index is 13.2. The maximum Gasteiger partial charge on any atom is 0.228 e. The highest BCUT2D eigenvalue weighted by Crippen LogP contribution is 2.23. The Hall–Kier alpha value is -3.70. The first kappa shape index (κ1) is 22.5. The highest BCUT2D eigenvalue weighted by atomic mass is 32.2. The molecule has 0 saturated heterocycles. The molecule has 1 N–H and O–H groups in total. The molecule has 0 aliphatic rings. The number of pyridine rings is 1. The predicted octanol–water partition coefficient (Wildman–Crippen LogP) is 6.12. The van der Waals surface area contributed by atoms with Crippen LogP contribution in [0.15, 0.2) is 109 Å². The van der Waals surface area contributed by atoms with Gasteiger partial charge in [0, 0.05) is 29.4 Å². The summed E-state index contributed by atoms with van der Waals surface area (Å²) in [4.78, 5) is 29.9. The molecule has 0 spiro atoms. The van der Waals surface area contributed by atoms with Gasteiger partial charge in [-0.2, -0.15) is 0 Å². The van der Waals surface area contributed by atoms with Gasteiger partial charge in [0.1, 0.15) is 0 Å². The number of thioether (sulfide) groups is 1. The lowest BCUT2D eigenvalue weighted by atomic mass is 10.00. The molecule has 1 amide bonds. The highest BCUT2D eigenvalue weighted by molar-refractivity contribution is 8.14. The number of aromatic nitrogens is 1. The van der Waals surface area contributed by atoms with Gasteiger partial charge in [0.15, 0.2) is 0 Å². The summed E-state index contributed by atoms with van der Waals surface area (Å²) in [6, 6.07) is 30.7. The molecule has 1 aromatic heterocycles. The average Bonchev–Trinajstić information content (AvgIpc) is 2.88. The minimum Gasteiger partial charge on any atom is -0.326 e. The van der Waals surface area contributed by atoms with Crippen molar-refractivity contribution in [2.45, 2.75) is 6.42 Å². The van der Waals surface area contributed by atoms with E-state index in [1.165, 1.54) is 11.8 Å². The van der Waals surface area contributed by atoms with Crippen molar-refractivity contribution in [3.8, 4) is 11.1 Å². The first-order valence-electron chi connectivity index (χ1n) is 10.8. The summed E-state index contributed by atoms with van der Waals surface area (Å²) < 4.78 is 0. The zero-order valence-electron chi connectivity index (χ0n) is 18.1. The lowest BCUT2D eigenvalue weighted by Gasteiger charge is -2.17. The standard InChI is InChI=1S/C28H24N2O2S/c31-27(30-26-15-13-22(14-16-26)24-12-7-17-29-19-24)25(18-21-8-3-1-4-9-21)20-33-28(32)23-10-5-2-6-11-23/h1-17,19,25H,18,20H2,(H,30,31). The molecule has 1 heterocycles. The topological polar surface area (TPSA) is 59.1 Å². The van der Waals surface area contributed by atoms with Crippen molar-refractivity contribution in [2.24, 2.45) is 5.92 Å². The summed E-state index contributed by atoms with van der Waals surface area (Å²) in [5.74, 6) is -0.0354. The van der Waals surface area contributed by atoms with Gasteiger partial charge in [0.25, 0.3) is 0 Å². The van der Waals surface area contributed by atoms with Crippen molar-refractivity contribution in [2.75, 3.05) is 11.1 Å². The lowest BCUT2D eigenvalue weighted by Crippen LogP contribution is -2.27. The van der Waals surface area contributed by atoms with Crippen LogP contribution >= 0.6 is 11.8 Å². The molecule has 4 rings (SSSR count). The summed E-state index contributed by atoms with van der Waals surface area (Å²) in [5, 5.41) is 3.00. The maximum atomic E-state index is 13.2. The fourth-order valence-electron chi connectivity index (χ4n) is 3.48. The Balaban J connectivity index is 1.45. The Kier molecular flexibility index (Phi) is 7.67. The second-order valence-corrected chi connectivity index (χ2v) is 8.65. The molecule has 1 unspecified atom stereocenters. The summed E-state index contributed by atoms with van der Waals surface area (Å²) in [7, 11) is 0. The van der Waals surface area contributed by atoms with Crippen LogP contribution in [0.1, 0.15) is 15.9 Å². The lowest BCUT2D eigenvalue weighted by molar-refractivity contribution is -0.119. The molecule has 0 aliphatic carbocycles. The van der Waals surface area contributed by atoms with Crippen LogP contribution in [-0.4, -0.2) is 21.8 Å². The molecule has 4 aromatic rings. The van der Waals surface area contributed by atoms with Crippen LogP contribution in [0.5, 0.6) is 0 Å². The molecule has 33 heavy (non-hydrogen) atoms. The van der Waals surface area contributed by atoms with E-state index in [1.807, 2.05) is 91.1 Å². The van der Waals surface area contributed by atoms with E-state index in [2.05, 4.69) is 10.3 Å². The van der Waals surface area contributed by atoms with E-state index in [9.17, 15) is 9.59 Å². The smallest absolute Gasteiger partial charge is 0.228 e. The first-order valence-corrected chi connectivity index (χ1v) is 11.7. The third-order valence-electron chi connectivity index (χ3n) is 5.27. The monoisotopic (exact) mass is 452 g/mol. The van der Waals surface area contributed by atoms with E-state index in [4.69, 9.17) is 0 Å². The van der Waals surface area contributed by atoms with Crippen LogP contribution in [0.2, 0.25) is 0 Å². The number of carbonyl (C=O) groups is 2. The number of nitrogens with zero attached hydrogens (tertiary/aromatic N) is 1. The second-order valence-electron chi connectivity index (χ2n) is 7.66. The molecule has 5 heteroatoms. The fourth-order valence-corrected chi connectivity index (χ4v) is 4.41. The number of anilines is 1. The third-order valence-corrected chi connectivity index (χ3v) is 6.34. The van der Waals surface area contributed by atoms with Crippen LogP contribution in [-0.2, 0) is 11.2 Å². The first-order chi connectivity index (χ1) is 16.2. The van der Waals surface area contributed by atoms with E-state index in [-0.39, 0.29) is 16.9 Å². The van der Waals surface area contributed by atoms with Gasteiger partial charge in [-0.3, -0.25) is 14.6 Å². The van der Waals surface area contributed by atoms with Gasteiger partial charge >= 0.3 is 0 Å². The molecule has 1 atom stereocenters. The number of amides is 1. The van der Waals surface area contributed by atoms with Gasteiger partial charge < -0.3 is 5.32 Å². The van der Waals surface area contributed by atoms with E-state index >= 15 is 0 Å². The molecule has 0 aliphatic heterocycles. The Morgan fingerprint density at radius 3 is 2.15 bits per heavy atom.